The summed E-state index contributed by atoms with van der Waals surface area (Å²) in [4.78, 5) is 2.31. The highest BCUT2D eigenvalue weighted by Gasteiger charge is 2.20. The first-order valence-corrected chi connectivity index (χ1v) is 5.36. The minimum atomic E-state index is 0.836. The van der Waals surface area contributed by atoms with Crippen LogP contribution >= 0.6 is 0 Å². The maximum atomic E-state index is 5.19. The van der Waals surface area contributed by atoms with Gasteiger partial charge in [0, 0.05) is 20.3 Å². The number of rotatable bonds is 4. The molecule has 0 amide bonds. The molecular formula is C11H23NO. The molecule has 1 saturated carbocycles. The summed E-state index contributed by atoms with van der Waals surface area (Å²) in [7, 11) is 6.15. The Morgan fingerprint density at radius 2 is 1.62 bits per heavy atom. The molecule has 0 aliphatic heterocycles. The fraction of sp³-hybridized carbons (Fsp3) is 1.00. The van der Waals surface area contributed by atoms with E-state index in [-0.39, 0.29) is 0 Å². The molecule has 0 unspecified atom stereocenters. The van der Waals surface area contributed by atoms with Gasteiger partial charge in [-0.1, -0.05) is 0 Å². The van der Waals surface area contributed by atoms with Crippen LogP contribution in [0.15, 0.2) is 0 Å². The molecule has 13 heavy (non-hydrogen) atoms. The number of methoxy groups -OCH3 is 1. The second-order valence-corrected chi connectivity index (χ2v) is 4.60. The van der Waals surface area contributed by atoms with E-state index in [0.29, 0.717) is 0 Å². The summed E-state index contributed by atoms with van der Waals surface area (Å²) in [5.41, 5.74) is 0. The molecule has 0 N–H and O–H groups in total. The summed E-state index contributed by atoms with van der Waals surface area (Å²) in [5, 5.41) is 0. The summed E-state index contributed by atoms with van der Waals surface area (Å²) in [6.07, 6.45) is 5.52. The molecule has 0 spiro atoms. The molecule has 1 aliphatic rings. The molecule has 0 heterocycles. The van der Waals surface area contributed by atoms with Gasteiger partial charge in [0.1, 0.15) is 0 Å². The van der Waals surface area contributed by atoms with Crippen molar-refractivity contribution in [2.24, 2.45) is 11.8 Å². The molecule has 0 radical (unpaired) electrons. The van der Waals surface area contributed by atoms with E-state index in [1.165, 1.54) is 32.2 Å². The van der Waals surface area contributed by atoms with Crippen molar-refractivity contribution in [1.29, 1.82) is 0 Å². The third-order valence-corrected chi connectivity index (χ3v) is 2.99. The summed E-state index contributed by atoms with van der Waals surface area (Å²) in [5.74, 6) is 1.77. The summed E-state index contributed by atoms with van der Waals surface area (Å²) in [6.45, 7) is 2.23. The molecule has 1 fully saturated rings. The highest BCUT2D eigenvalue weighted by molar-refractivity contribution is 4.73. The zero-order chi connectivity index (χ0) is 9.68. The Bertz CT molecular complexity index is 128. The monoisotopic (exact) mass is 185 g/mol. The van der Waals surface area contributed by atoms with Crippen molar-refractivity contribution < 1.29 is 4.74 Å². The van der Waals surface area contributed by atoms with Crippen LogP contribution in [0.2, 0.25) is 0 Å². The summed E-state index contributed by atoms with van der Waals surface area (Å²) < 4.78 is 5.19. The van der Waals surface area contributed by atoms with Gasteiger partial charge < -0.3 is 9.64 Å². The van der Waals surface area contributed by atoms with E-state index in [0.717, 1.165) is 18.4 Å². The Labute approximate surface area is 82.3 Å². The van der Waals surface area contributed by atoms with Gasteiger partial charge in [0.25, 0.3) is 0 Å². The van der Waals surface area contributed by atoms with Crippen molar-refractivity contribution >= 4 is 0 Å². The normalized spacial score (nSPS) is 29.5. The first kappa shape index (κ1) is 11.0. The van der Waals surface area contributed by atoms with Crippen molar-refractivity contribution in [3.05, 3.63) is 0 Å². The van der Waals surface area contributed by atoms with Crippen LogP contribution < -0.4 is 0 Å². The van der Waals surface area contributed by atoms with Gasteiger partial charge in [-0.05, 0) is 51.6 Å². The third kappa shape index (κ3) is 4.10. The number of hydrogen-bond donors (Lipinski definition) is 0. The van der Waals surface area contributed by atoms with Crippen LogP contribution in [0.4, 0.5) is 0 Å². The molecule has 0 atom stereocenters. The Morgan fingerprint density at radius 3 is 2.08 bits per heavy atom. The van der Waals surface area contributed by atoms with Crippen LogP contribution in [0.5, 0.6) is 0 Å². The van der Waals surface area contributed by atoms with Gasteiger partial charge in [-0.2, -0.15) is 0 Å². The lowest BCUT2D eigenvalue weighted by Gasteiger charge is -2.29. The van der Waals surface area contributed by atoms with E-state index in [9.17, 15) is 0 Å². The predicted molar refractivity (Wildman–Crippen MR) is 55.9 cm³/mol. The molecule has 2 heteroatoms. The number of nitrogens with zero attached hydrogens (tertiary/aromatic N) is 1. The largest absolute Gasteiger partial charge is 0.384 e. The molecule has 0 aromatic rings. The minimum absolute atomic E-state index is 0.836. The minimum Gasteiger partial charge on any atom is -0.384 e. The summed E-state index contributed by atoms with van der Waals surface area (Å²) >= 11 is 0. The van der Waals surface area contributed by atoms with Crippen LogP contribution in [0.3, 0.4) is 0 Å². The molecular weight excluding hydrogens is 162 g/mol. The number of hydrogen-bond acceptors (Lipinski definition) is 2. The van der Waals surface area contributed by atoms with Crippen LogP contribution in [0, 0.1) is 11.8 Å². The Kier molecular flexibility index (Phi) is 4.74. The fourth-order valence-electron chi connectivity index (χ4n) is 2.33. The lowest BCUT2D eigenvalue weighted by molar-refractivity contribution is 0.113. The van der Waals surface area contributed by atoms with Crippen molar-refractivity contribution in [2.45, 2.75) is 25.7 Å². The highest BCUT2D eigenvalue weighted by atomic mass is 16.5. The maximum absolute atomic E-state index is 5.19. The lowest BCUT2D eigenvalue weighted by Crippen LogP contribution is -2.26. The third-order valence-electron chi connectivity index (χ3n) is 2.99. The van der Waals surface area contributed by atoms with Crippen LogP contribution in [-0.4, -0.2) is 39.3 Å². The first-order valence-electron chi connectivity index (χ1n) is 5.36. The molecule has 0 saturated heterocycles. The van der Waals surface area contributed by atoms with Crippen LogP contribution in [0.1, 0.15) is 25.7 Å². The molecule has 2 nitrogen and oxygen atoms in total. The van der Waals surface area contributed by atoms with Gasteiger partial charge in [-0.15, -0.1) is 0 Å². The van der Waals surface area contributed by atoms with E-state index >= 15 is 0 Å². The average Bonchev–Trinajstić information content (AvgIpc) is 2.08. The Hall–Kier alpha value is -0.0800. The van der Waals surface area contributed by atoms with E-state index in [1.54, 1.807) is 0 Å². The van der Waals surface area contributed by atoms with Crippen LogP contribution in [-0.2, 0) is 4.74 Å². The average molecular weight is 185 g/mol. The van der Waals surface area contributed by atoms with E-state index in [1.807, 2.05) is 7.11 Å². The first-order chi connectivity index (χ1) is 6.22. The van der Waals surface area contributed by atoms with Crippen molar-refractivity contribution in [1.82, 2.24) is 4.90 Å². The van der Waals surface area contributed by atoms with Gasteiger partial charge >= 0.3 is 0 Å². The van der Waals surface area contributed by atoms with E-state index < -0.39 is 0 Å². The second kappa shape index (κ2) is 5.61. The molecule has 0 aromatic heterocycles. The molecule has 0 bridgehead atoms. The highest BCUT2D eigenvalue weighted by Crippen LogP contribution is 2.28. The van der Waals surface area contributed by atoms with E-state index in [4.69, 9.17) is 4.74 Å². The zero-order valence-corrected chi connectivity index (χ0v) is 9.25. The quantitative estimate of drug-likeness (QED) is 0.664. The number of ether oxygens (including phenoxy) is 1. The van der Waals surface area contributed by atoms with Gasteiger partial charge in [-0.3, -0.25) is 0 Å². The standard InChI is InChI=1S/C11H23NO/c1-12(2)8-10-4-6-11(7-5-10)9-13-3/h10-11H,4-9H2,1-3H3. The van der Waals surface area contributed by atoms with Gasteiger partial charge in [0.05, 0.1) is 0 Å². The smallest absolute Gasteiger partial charge is 0.0490 e. The second-order valence-electron chi connectivity index (χ2n) is 4.60. The maximum Gasteiger partial charge on any atom is 0.0490 e. The molecule has 1 aliphatic carbocycles. The van der Waals surface area contributed by atoms with Crippen molar-refractivity contribution in [3.63, 3.8) is 0 Å². The van der Waals surface area contributed by atoms with Crippen molar-refractivity contribution in [3.8, 4) is 0 Å². The fourth-order valence-corrected chi connectivity index (χ4v) is 2.33. The topological polar surface area (TPSA) is 12.5 Å². The van der Waals surface area contributed by atoms with Crippen molar-refractivity contribution in [2.75, 3.05) is 34.4 Å². The molecule has 0 aromatic carbocycles. The predicted octanol–water partition coefficient (Wildman–Crippen LogP) is 2.00. The van der Waals surface area contributed by atoms with Crippen LogP contribution in [0.25, 0.3) is 0 Å². The van der Waals surface area contributed by atoms with Gasteiger partial charge in [-0.25, -0.2) is 0 Å². The van der Waals surface area contributed by atoms with E-state index in [2.05, 4.69) is 19.0 Å². The molecule has 1 rings (SSSR count). The Balaban J connectivity index is 2.15. The molecule has 78 valence electrons. The zero-order valence-electron chi connectivity index (χ0n) is 9.25. The summed E-state index contributed by atoms with van der Waals surface area (Å²) in [6, 6.07) is 0. The lowest BCUT2D eigenvalue weighted by atomic mass is 9.82. The Morgan fingerprint density at radius 1 is 1.08 bits per heavy atom. The van der Waals surface area contributed by atoms with Gasteiger partial charge in [0.15, 0.2) is 0 Å². The van der Waals surface area contributed by atoms with Gasteiger partial charge in [0.2, 0.25) is 0 Å². The SMILES string of the molecule is COCC1CCC(CN(C)C)CC1.